The summed E-state index contributed by atoms with van der Waals surface area (Å²) in [5.74, 6) is -2.02. The van der Waals surface area contributed by atoms with Crippen molar-refractivity contribution >= 4 is 23.5 Å². The van der Waals surface area contributed by atoms with Crippen LogP contribution in [0.5, 0.6) is 0 Å². The molecule has 2 rings (SSSR count). The molecule has 21 heavy (non-hydrogen) atoms. The van der Waals surface area contributed by atoms with Crippen LogP contribution in [-0.2, 0) is 4.79 Å². The summed E-state index contributed by atoms with van der Waals surface area (Å²) in [5.41, 5.74) is -0.0512. The van der Waals surface area contributed by atoms with Gasteiger partial charge in [-0.1, -0.05) is 17.7 Å². The topological polar surface area (TPSA) is 57.6 Å². The van der Waals surface area contributed by atoms with Crippen molar-refractivity contribution < 1.29 is 19.1 Å². The second kappa shape index (κ2) is 6.89. The number of likely N-dealkylation sites (tertiary alicyclic amines) is 1. The average molecular weight is 314 g/mol. The van der Waals surface area contributed by atoms with E-state index in [1.165, 1.54) is 18.2 Å². The summed E-state index contributed by atoms with van der Waals surface area (Å²) in [5, 5.41) is 8.70. The second-order valence-electron chi connectivity index (χ2n) is 5.18. The number of rotatable bonds is 4. The summed E-state index contributed by atoms with van der Waals surface area (Å²) in [6.45, 7) is 0.523. The van der Waals surface area contributed by atoms with Crippen LogP contribution in [0.15, 0.2) is 18.2 Å². The molecular weight excluding hydrogens is 297 g/mol. The first-order valence-electron chi connectivity index (χ1n) is 6.97. The van der Waals surface area contributed by atoms with Crippen molar-refractivity contribution in [2.45, 2.75) is 38.1 Å². The first-order valence-corrected chi connectivity index (χ1v) is 7.35. The van der Waals surface area contributed by atoms with Crippen LogP contribution < -0.4 is 0 Å². The fourth-order valence-corrected chi connectivity index (χ4v) is 2.86. The van der Waals surface area contributed by atoms with Crippen molar-refractivity contribution in [1.29, 1.82) is 0 Å². The van der Waals surface area contributed by atoms with Gasteiger partial charge in [-0.3, -0.25) is 9.59 Å². The maximum atomic E-state index is 14.0. The molecular formula is C15H17ClFNO3. The van der Waals surface area contributed by atoms with E-state index in [0.29, 0.717) is 13.0 Å². The van der Waals surface area contributed by atoms with E-state index >= 15 is 0 Å². The highest BCUT2D eigenvalue weighted by atomic mass is 35.5. The number of nitrogens with zero attached hydrogens (tertiary/aromatic N) is 1. The highest BCUT2D eigenvalue weighted by Gasteiger charge is 2.29. The Balaban J connectivity index is 2.18. The van der Waals surface area contributed by atoms with Gasteiger partial charge in [-0.2, -0.15) is 0 Å². The Morgan fingerprint density at radius 2 is 2.14 bits per heavy atom. The number of halogens is 2. The van der Waals surface area contributed by atoms with Crippen molar-refractivity contribution in [3.8, 4) is 0 Å². The number of hydrogen-bond donors (Lipinski definition) is 1. The number of hydrogen-bond acceptors (Lipinski definition) is 2. The normalized spacial score (nSPS) is 18.6. The summed E-state index contributed by atoms with van der Waals surface area (Å²) in [4.78, 5) is 24.8. The van der Waals surface area contributed by atoms with Gasteiger partial charge in [-0.25, -0.2) is 4.39 Å². The molecule has 1 amide bonds. The summed E-state index contributed by atoms with van der Waals surface area (Å²) in [6, 6.07) is 4.19. The smallest absolute Gasteiger partial charge is 0.303 e. The largest absolute Gasteiger partial charge is 0.481 e. The molecule has 0 spiro atoms. The molecule has 0 aliphatic carbocycles. The minimum absolute atomic E-state index is 0.00642. The molecule has 1 N–H and O–H groups in total. The highest BCUT2D eigenvalue weighted by Crippen LogP contribution is 2.25. The molecule has 1 heterocycles. The first-order chi connectivity index (χ1) is 10.0. The molecule has 1 saturated heterocycles. The Hall–Kier alpha value is -1.62. The van der Waals surface area contributed by atoms with Crippen LogP contribution in [-0.4, -0.2) is 34.5 Å². The zero-order chi connectivity index (χ0) is 15.4. The van der Waals surface area contributed by atoms with Gasteiger partial charge in [0.15, 0.2) is 5.82 Å². The van der Waals surface area contributed by atoms with E-state index in [2.05, 4.69) is 0 Å². The number of carboxylic acid groups (broad SMARTS) is 1. The number of aliphatic carboxylic acids is 1. The number of carboxylic acids is 1. The maximum absolute atomic E-state index is 14.0. The second-order valence-corrected chi connectivity index (χ2v) is 5.59. The lowest BCUT2D eigenvalue weighted by atomic mass is 9.97. The number of carbonyl (C=O) groups excluding carboxylic acids is 1. The van der Waals surface area contributed by atoms with E-state index in [1.807, 2.05) is 0 Å². The fourth-order valence-electron chi connectivity index (χ4n) is 2.68. The monoisotopic (exact) mass is 313 g/mol. The van der Waals surface area contributed by atoms with Crippen LogP contribution in [0.2, 0.25) is 5.02 Å². The molecule has 1 aromatic carbocycles. The van der Waals surface area contributed by atoms with Crippen molar-refractivity contribution in [2.75, 3.05) is 6.54 Å². The summed E-state index contributed by atoms with van der Waals surface area (Å²) in [7, 11) is 0. The molecule has 0 bridgehead atoms. The molecule has 1 aromatic rings. The quantitative estimate of drug-likeness (QED) is 0.927. The Morgan fingerprint density at radius 1 is 1.38 bits per heavy atom. The number of amides is 1. The van der Waals surface area contributed by atoms with Crippen molar-refractivity contribution in [1.82, 2.24) is 4.90 Å². The lowest BCUT2D eigenvalue weighted by Crippen LogP contribution is -2.44. The van der Waals surface area contributed by atoms with E-state index in [-0.39, 0.29) is 23.0 Å². The van der Waals surface area contributed by atoms with Crippen molar-refractivity contribution in [3.63, 3.8) is 0 Å². The zero-order valence-corrected chi connectivity index (χ0v) is 12.3. The van der Waals surface area contributed by atoms with Gasteiger partial charge in [0.2, 0.25) is 0 Å². The van der Waals surface area contributed by atoms with Gasteiger partial charge in [0.05, 0.1) is 10.6 Å². The molecule has 1 aliphatic heterocycles. The van der Waals surface area contributed by atoms with Crippen molar-refractivity contribution in [2.24, 2.45) is 0 Å². The Kier molecular flexibility index (Phi) is 5.17. The van der Waals surface area contributed by atoms with E-state index in [4.69, 9.17) is 16.7 Å². The molecule has 4 nitrogen and oxygen atoms in total. The van der Waals surface area contributed by atoms with Gasteiger partial charge in [0.25, 0.3) is 5.91 Å². The Bertz CT molecular complexity index is 550. The third-order valence-electron chi connectivity index (χ3n) is 3.76. The van der Waals surface area contributed by atoms with E-state index < -0.39 is 17.7 Å². The first kappa shape index (κ1) is 15.8. The molecule has 1 unspecified atom stereocenters. The third kappa shape index (κ3) is 3.73. The van der Waals surface area contributed by atoms with Crippen molar-refractivity contribution in [3.05, 3.63) is 34.6 Å². The summed E-state index contributed by atoms with van der Waals surface area (Å²) >= 11 is 5.71. The molecule has 1 fully saturated rings. The van der Waals surface area contributed by atoms with Crippen LogP contribution in [0.1, 0.15) is 42.5 Å². The van der Waals surface area contributed by atoms with Gasteiger partial charge in [0, 0.05) is 19.0 Å². The Labute approximate surface area is 127 Å². The lowest BCUT2D eigenvalue weighted by Gasteiger charge is -2.35. The molecule has 114 valence electrons. The summed E-state index contributed by atoms with van der Waals surface area (Å²) in [6.07, 6.45) is 2.94. The van der Waals surface area contributed by atoms with Gasteiger partial charge in [0.1, 0.15) is 0 Å². The predicted molar refractivity (Wildman–Crippen MR) is 77.0 cm³/mol. The van der Waals surface area contributed by atoms with Crippen LogP contribution in [0, 0.1) is 5.82 Å². The van der Waals surface area contributed by atoms with E-state index in [9.17, 15) is 14.0 Å². The average Bonchev–Trinajstić information content (AvgIpc) is 2.47. The summed E-state index contributed by atoms with van der Waals surface area (Å²) < 4.78 is 14.0. The molecule has 1 atom stereocenters. The number of piperidine rings is 1. The minimum Gasteiger partial charge on any atom is -0.481 e. The SMILES string of the molecule is O=C(O)CCC1CCCCN1C(=O)c1cccc(Cl)c1F. The van der Waals surface area contributed by atoms with E-state index in [0.717, 1.165) is 19.3 Å². The van der Waals surface area contributed by atoms with Gasteiger partial charge < -0.3 is 10.0 Å². The predicted octanol–water partition coefficient (Wildman–Crippen LogP) is 3.34. The highest BCUT2D eigenvalue weighted by molar-refractivity contribution is 6.31. The molecule has 0 saturated carbocycles. The molecule has 1 aliphatic rings. The minimum atomic E-state index is -0.887. The van der Waals surface area contributed by atoms with Gasteiger partial charge in [-0.15, -0.1) is 0 Å². The molecule has 6 heteroatoms. The van der Waals surface area contributed by atoms with Crippen LogP contribution >= 0.6 is 11.6 Å². The lowest BCUT2D eigenvalue weighted by molar-refractivity contribution is -0.137. The van der Waals surface area contributed by atoms with E-state index in [1.54, 1.807) is 4.90 Å². The Morgan fingerprint density at radius 3 is 2.86 bits per heavy atom. The number of carbonyl (C=O) groups is 2. The number of benzene rings is 1. The van der Waals surface area contributed by atoms with Crippen LogP contribution in [0.3, 0.4) is 0 Å². The maximum Gasteiger partial charge on any atom is 0.303 e. The molecule has 0 aromatic heterocycles. The van der Waals surface area contributed by atoms with Gasteiger partial charge in [-0.05, 0) is 37.8 Å². The van der Waals surface area contributed by atoms with Gasteiger partial charge >= 0.3 is 5.97 Å². The molecule has 0 radical (unpaired) electrons. The standard InChI is InChI=1S/C15H17ClFNO3/c16-12-6-3-5-11(14(12)17)15(21)18-9-2-1-4-10(18)7-8-13(19)20/h3,5-6,10H,1-2,4,7-9H2,(H,19,20). The third-order valence-corrected chi connectivity index (χ3v) is 4.05. The van der Waals surface area contributed by atoms with Crippen LogP contribution in [0.25, 0.3) is 0 Å². The van der Waals surface area contributed by atoms with Crippen LogP contribution in [0.4, 0.5) is 4.39 Å². The zero-order valence-electron chi connectivity index (χ0n) is 11.5. The fraction of sp³-hybridized carbons (Fsp3) is 0.467.